The van der Waals surface area contributed by atoms with Gasteiger partial charge in [0.05, 0.1) is 11.8 Å². The molecule has 1 aliphatic carbocycles. The maximum atomic E-state index is 12.5. The molecule has 3 atom stereocenters. The number of imide groups is 1. The first-order valence-electron chi connectivity index (χ1n) is 9.51. The molecule has 0 aromatic rings. The predicted octanol–water partition coefficient (Wildman–Crippen LogP) is 1.74. The van der Waals surface area contributed by atoms with Crippen LogP contribution in [0.25, 0.3) is 0 Å². The van der Waals surface area contributed by atoms with Crippen molar-refractivity contribution in [1.82, 2.24) is 9.80 Å². The summed E-state index contributed by atoms with van der Waals surface area (Å²) < 4.78 is 5.13. The summed E-state index contributed by atoms with van der Waals surface area (Å²) in [6.45, 7) is 8.68. The zero-order valence-corrected chi connectivity index (χ0v) is 16.4. The second-order valence-electron chi connectivity index (χ2n) is 7.82. The van der Waals surface area contributed by atoms with Gasteiger partial charge in [-0.2, -0.15) is 0 Å². The van der Waals surface area contributed by atoms with E-state index in [1.165, 1.54) is 6.92 Å². The lowest BCUT2D eigenvalue weighted by molar-refractivity contribution is -0.161. The van der Waals surface area contributed by atoms with Crippen molar-refractivity contribution < 1.29 is 23.9 Å². The minimum Gasteiger partial charge on any atom is -0.454 e. The molecule has 1 heterocycles. The first kappa shape index (κ1) is 20.4. The third kappa shape index (κ3) is 3.91. The largest absolute Gasteiger partial charge is 0.454 e. The Morgan fingerprint density at radius 3 is 1.88 bits per heavy atom. The molecule has 1 saturated heterocycles. The number of amides is 3. The number of carbonyl (C=O) groups is 4. The fourth-order valence-corrected chi connectivity index (χ4v) is 4.18. The fourth-order valence-electron chi connectivity index (χ4n) is 4.18. The summed E-state index contributed by atoms with van der Waals surface area (Å²) in [6, 6.07) is -1.02. The third-order valence-electron chi connectivity index (χ3n) is 5.34. The van der Waals surface area contributed by atoms with Crippen LogP contribution in [0.5, 0.6) is 0 Å². The van der Waals surface area contributed by atoms with Crippen molar-refractivity contribution in [3.05, 3.63) is 0 Å². The van der Waals surface area contributed by atoms with Crippen LogP contribution in [-0.2, 0) is 23.9 Å². The molecule has 1 aliphatic heterocycles. The fraction of sp³-hybridized carbons (Fsp3) is 0.789. The summed E-state index contributed by atoms with van der Waals surface area (Å²) in [7, 11) is 0. The molecule has 0 spiro atoms. The maximum Gasteiger partial charge on any atom is 0.329 e. The summed E-state index contributed by atoms with van der Waals surface area (Å²) in [4.78, 5) is 52.4. The van der Waals surface area contributed by atoms with Gasteiger partial charge in [0.25, 0.3) is 5.91 Å². The number of hydrogen-bond acceptors (Lipinski definition) is 5. The quantitative estimate of drug-likeness (QED) is 0.528. The standard InChI is InChI=1S/C19H30N2O5/c1-11(2)20(12(3)4)16(22)10-26-19(25)13(5)21-17(23)14-8-6-7-9-15(14)18(21)24/h11-15H,6-10H2,1-5H3. The van der Waals surface area contributed by atoms with Crippen molar-refractivity contribution in [3.8, 4) is 0 Å². The molecule has 3 amide bonds. The predicted molar refractivity (Wildman–Crippen MR) is 94.8 cm³/mol. The number of esters is 1. The number of likely N-dealkylation sites (tertiary alicyclic amines) is 1. The van der Waals surface area contributed by atoms with Crippen LogP contribution in [0.15, 0.2) is 0 Å². The monoisotopic (exact) mass is 366 g/mol. The van der Waals surface area contributed by atoms with Gasteiger partial charge < -0.3 is 9.64 Å². The Balaban J connectivity index is 1.98. The van der Waals surface area contributed by atoms with Crippen LogP contribution in [0.4, 0.5) is 0 Å². The van der Waals surface area contributed by atoms with E-state index in [-0.39, 0.29) is 48.2 Å². The van der Waals surface area contributed by atoms with Gasteiger partial charge in [-0.25, -0.2) is 4.79 Å². The lowest BCUT2D eigenvalue weighted by Gasteiger charge is -2.30. The topological polar surface area (TPSA) is 84.0 Å². The highest BCUT2D eigenvalue weighted by molar-refractivity contribution is 6.07. The molecule has 0 aromatic carbocycles. The molecular weight excluding hydrogens is 336 g/mol. The Hall–Kier alpha value is -1.92. The van der Waals surface area contributed by atoms with Gasteiger partial charge in [-0.05, 0) is 47.5 Å². The Bertz CT molecular complexity index is 554. The van der Waals surface area contributed by atoms with Crippen LogP contribution >= 0.6 is 0 Å². The second kappa shape index (κ2) is 8.18. The van der Waals surface area contributed by atoms with Crippen molar-refractivity contribution in [1.29, 1.82) is 0 Å². The Kier molecular flexibility index (Phi) is 6.42. The number of rotatable bonds is 6. The number of hydrogen-bond donors (Lipinski definition) is 0. The van der Waals surface area contributed by atoms with Gasteiger partial charge in [-0.3, -0.25) is 19.3 Å². The van der Waals surface area contributed by atoms with E-state index in [2.05, 4.69) is 0 Å². The summed E-state index contributed by atoms with van der Waals surface area (Å²) >= 11 is 0. The van der Waals surface area contributed by atoms with Crippen molar-refractivity contribution in [2.45, 2.75) is 78.4 Å². The van der Waals surface area contributed by atoms with E-state index in [0.717, 1.165) is 17.7 Å². The Morgan fingerprint density at radius 2 is 1.46 bits per heavy atom. The molecule has 2 fully saturated rings. The Morgan fingerprint density at radius 1 is 1.00 bits per heavy atom. The van der Waals surface area contributed by atoms with Crippen molar-refractivity contribution in [2.24, 2.45) is 11.8 Å². The summed E-state index contributed by atoms with van der Waals surface area (Å²) in [6.07, 6.45) is 3.26. The zero-order chi connectivity index (χ0) is 19.6. The lowest BCUT2D eigenvalue weighted by Crippen LogP contribution is -2.47. The van der Waals surface area contributed by atoms with E-state index in [1.807, 2.05) is 27.7 Å². The van der Waals surface area contributed by atoms with E-state index in [4.69, 9.17) is 4.74 Å². The summed E-state index contributed by atoms with van der Waals surface area (Å²) in [5.41, 5.74) is 0. The first-order chi connectivity index (χ1) is 12.2. The van der Waals surface area contributed by atoms with Crippen LogP contribution < -0.4 is 0 Å². The van der Waals surface area contributed by atoms with Gasteiger partial charge in [0, 0.05) is 12.1 Å². The molecule has 0 bridgehead atoms. The molecule has 2 rings (SSSR count). The molecular formula is C19H30N2O5. The molecule has 7 heteroatoms. The SMILES string of the molecule is CC(C(=O)OCC(=O)N(C(C)C)C(C)C)N1C(=O)C2CCCCC2C1=O. The molecule has 26 heavy (non-hydrogen) atoms. The Labute approximate surface area is 155 Å². The van der Waals surface area contributed by atoms with Gasteiger partial charge in [-0.15, -0.1) is 0 Å². The maximum absolute atomic E-state index is 12.5. The molecule has 3 unspecified atom stereocenters. The highest BCUT2D eigenvalue weighted by atomic mass is 16.5. The van der Waals surface area contributed by atoms with Crippen molar-refractivity contribution in [2.75, 3.05) is 6.61 Å². The van der Waals surface area contributed by atoms with Crippen molar-refractivity contribution in [3.63, 3.8) is 0 Å². The normalized spacial score (nSPS) is 24.0. The molecule has 146 valence electrons. The minimum absolute atomic E-state index is 0.0107. The van der Waals surface area contributed by atoms with Gasteiger partial charge in [0.1, 0.15) is 6.04 Å². The molecule has 0 N–H and O–H groups in total. The molecule has 1 saturated carbocycles. The van der Waals surface area contributed by atoms with Gasteiger partial charge >= 0.3 is 5.97 Å². The number of nitrogens with zero attached hydrogens (tertiary/aromatic N) is 2. The van der Waals surface area contributed by atoms with E-state index >= 15 is 0 Å². The van der Waals surface area contributed by atoms with Crippen LogP contribution in [0.2, 0.25) is 0 Å². The molecule has 0 aromatic heterocycles. The minimum atomic E-state index is -1.00. The number of fused-ring (bicyclic) bond motifs is 1. The van der Waals surface area contributed by atoms with E-state index < -0.39 is 12.0 Å². The highest BCUT2D eigenvalue weighted by Crippen LogP contribution is 2.38. The molecule has 0 radical (unpaired) electrons. The van der Waals surface area contributed by atoms with Crippen LogP contribution in [-0.4, -0.2) is 58.2 Å². The average Bonchev–Trinajstić information content (AvgIpc) is 2.83. The third-order valence-corrected chi connectivity index (χ3v) is 5.34. The average molecular weight is 366 g/mol. The van der Waals surface area contributed by atoms with E-state index in [9.17, 15) is 19.2 Å². The molecule has 7 nitrogen and oxygen atoms in total. The number of carbonyl (C=O) groups excluding carboxylic acids is 4. The summed E-state index contributed by atoms with van der Waals surface area (Å²) in [5.74, 6) is -2.16. The molecule has 2 aliphatic rings. The van der Waals surface area contributed by atoms with E-state index in [1.54, 1.807) is 4.90 Å². The number of ether oxygens (including phenoxy) is 1. The van der Waals surface area contributed by atoms with Gasteiger partial charge in [-0.1, -0.05) is 12.8 Å². The van der Waals surface area contributed by atoms with Gasteiger partial charge in [0.15, 0.2) is 6.61 Å². The summed E-state index contributed by atoms with van der Waals surface area (Å²) in [5, 5.41) is 0. The van der Waals surface area contributed by atoms with Crippen LogP contribution in [0, 0.1) is 11.8 Å². The van der Waals surface area contributed by atoms with Gasteiger partial charge in [0.2, 0.25) is 11.8 Å². The highest BCUT2D eigenvalue weighted by Gasteiger charge is 2.51. The van der Waals surface area contributed by atoms with Crippen LogP contribution in [0.1, 0.15) is 60.3 Å². The lowest BCUT2D eigenvalue weighted by atomic mass is 9.81. The van der Waals surface area contributed by atoms with Crippen molar-refractivity contribution >= 4 is 23.7 Å². The van der Waals surface area contributed by atoms with E-state index in [0.29, 0.717) is 12.8 Å². The smallest absolute Gasteiger partial charge is 0.329 e. The second-order valence-corrected chi connectivity index (χ2v) is 7.82. The first-order valence-corrected chi connectivity index (χ1v) is 9.51. The zero-order valence-electron chi connectivity index (χ0n) is 16.4. The van der Waals surface area contributed by atoms with Crippen LogP contribution in [0.3, 0.4) is 0 Å².